The molecule has 0 bridgehead atoms. The molecule has 4 nitrogen and oxygen atoms in total. The van der Waals surface area contributed by atoms with Crippen LogP contribution in [0.4, 0.5) is 5.69 Å². The minimum Gasteiger partial charge on any atom is -0.508 e. The monoisotopic (exact) mass is 216 g/mol. The highest BCUT2D eigenvalue weighted by Gasteiger charge is 2.05. The highest BCUT2D eigenvalue weighted by atomic mass is 16.3. The number of anilines is 1. The molecule has 1 aromatic heterocycles. The van der Waals surface area contributed by atoms with Crippen LogP contribution >= 0.6 is 0 Å². The van der Waals surface area contributed by atoms with Gasteiger partial charge in [0.25, 0.3) is 5.56 Å². The number of aryl methyl sites for hydroxylation is 1. The number of rotatable bonds is 1. The van der Waals surface area contributed by atoms with E-state index in [2.05, 4.69) is 0 Å². The van der Waals surface area contributed by atoms with Crippen molar-refractivity contribution in [1.29, 1.82) is 0 Å². The molecule has 2 aromatic rings. The Bertz CT molecular complexity index is 571. The summed E-state index contributed by atoms with van der Waals surface area (Å²) >= 11 is 0. The number of pyridine rings is 1. The van der Waals surface area contributed by atoms with Crippen molar-refractivity contribution in [3.8, 4) is 11.4 Å². The lowest BCUT2D eigenvalue weighted by Gasteiger charge is -2.10. The van der Waals surface area contributed by atoms with Crippen LogP contribution in [0.25, 0.3) is 5.69 Å². The van der Waals surface area contributed by atoms with Gasteiger partial charge in [-0.25, -0.2) is 0 Å². The highest BCUT2D eigenvalue weighted by Crippen LogP contribution is 2.14. The summed E-state index contributed by atoms with van der Waals surface area (Å²) in [5, 5.41) is 9.18. The summed E-state index contributed by atoms with van der Waals surface area (Å²) in [5.74, 6) is 0.165. The molecule has 0 fully saturated rings. The van der Waals surface area contributed by atoms with E-state index in [1.165, 1.54) is 16.7 Å². The van der Waals surface area contributed by atoms with Gasteiger partial charge in [-0.05, 0) is 43.3 Å². The van der Waals surface area contributed by atoms with Crippen molar-refractivity contribution in [3.63, 3.8) is 0 Å². The van der Waals surface area contributed by atoms with Crippen molar-refractivity contribution in [2.24, 2.45) is 0 Å². The summed E-state index contributed by atoms with van der Waals surface area (Å²) in [7, 11) is 0. The quantitative estimate of drug-likeness (QED) is 0.757. The Morgan fingerprint density at radius 1 is 1.12 bits per heavy atom. The summed E-state index contributed by atoms with van der Waals surface area (Å²) in [6.07, 6.45) is 0. The zero-order valence-electron chi connectivity index (χ0n) is 8.84. The van der Waals surface area contributed by atoms with Gasteiger partial charge in [-0.2, -0.15) is 0 Å². The lowest BCUT2D eigenvalue weighted by molar-refractivity contribution is 0.475. The van der Waals surface area contributed by atoms with Crippen LogP contribution in [0.15, 0.2) is 41.2 Å². The molecule has 1 aromatic carbocycles. The largest absolute Gasteiger partial charge is 0.508 e. The van der Waals surface area contributed by atoms with Crippen molar-refractivity contribution >= 4 is 5.69 Å². The van der Waals surface area contributed by atoms with Crippen LogP contribution in [-0.4, -0.2) is 9.67 Å². The number of phenolic OH excluding ortho intramolecular Hbond substituents is 1. The number of hydrogen-bond donors (Lipinski definition) is 2. The topological polar surface area (TPSA) is 68.2 Å². The van der Waals surface area contributed by atoms with Crippen molar-refractivity contribution < 1.29 is 5.11 Å². The molecule has 4 heteroatoms. The third kappa shape index (κ3) is 1.65. The Morgan fingerprint density at radius 3 is 2.38 bits per heavy atom. The zero-order chi connectivity index (χ0) is 11.7. The average Bonchev–Trinajstić information content (AvgIpc) is 2.27. The summed E-state index contributed by atoms with van der Waals surface area (Å²) in [5.41, 5.74) is 7.02. The fraction of sp³-hybridized carbons (Fsp3) is 0.0833. The Morgan fingerprint density at radius 2 is 1.75 bits per heavy atom. The third-order valence-electron chi connectivity index (χ3n) is 2.41. The first-order chi connectivity index (χ1) is 7.59. The predicted molar refractivity (Wildman–Crippen MR) is 62.9 cm³/mol. The lowest BCUT2D eigenvalue weighted by atomic mass is 10.2. The molecule has 0 radical (unpaired) electrons. The molecule has 0 aliphatic rings. The smallest absolute Gasteiger partial charge is 0.278 e. The van der Waals surface area contributed by atoms with E-state index in [9.17, 15) is 9.90 Å². The van der Waals surface area contributed by atoms with Gasteiger partial charge in [-0.1, -0.05) is 0 Å². The molecule has 0 aliphatic carbocycles. The minimum atomic E-state index is -0.245. The average molecular weight is 216 g/mol. The summed E-state index contributed by atoms with van der Waals surface area (Å²) in [4.78, 5) is 11.9. The van der Waals surface area contributed by atoms with Crippen LogP contribution in [0, 0.1) is 6.92 Å². The second-order valence-corrected chi connectivity index (χ2v) is 3.59. The molecular weight excluding hydrogens is 204 g/mol. The van der Waals surface area contributed by atoms with Gasteiger partial charge >= 0.3 is 0 Å². The number of aromatic hydroxyl groups is 1. The second kappa shape index (κ2) is 3.73. The van der Waals surface area contributed by atoms with Crippen LogP contribution in [0.3, 0.4) is 0 Å². The van der Waals surface area contributed by atoms with E-state index < -0.39 is 0 Å². The van der Waals surface area contributed by atoms with Gasteiger partial charge in [0.1, 0.15) is 5.75 Å². The third-order valence-corrected chi connectivity index (χ3v) is 2.41. The minimum absolute atomic E-state index is 0.165. The molecule has 1 heterocycles. The second-order valence-electron chi connectivity index (χ2n) is 3.59. The van der Waals surface area contributed by atoms with E-state index in [4.69, 9.17) is 5.73 Å². The predicted octanol–water partition coefficient (Wildman–Crippen LogP) is 1.43. The zero-order valence-corrected chi connectivity index (χ0v) is 8.84. The molecule has 0 saturated heterocycles. The maximum Gasteiger partial charge on any atom is 0.278 e. The summed E-state index contributed by atoms with van der Waals surface area (Å²) < 4.78 is 1.51. The van der Waals surface area contributed by atoms with Crippen LogP contribution < -0.4 is 11.3 Å². The lowest BCUT2D eigenvalue weighted by Crippen LogP contribution is -2.22. The van der Waals surface area contributed by atoms with E-state index in [1.807, 2.05) is 6.92 Å². The molecule has 0 saturated carbocycles. The van der Waals surface area contributed by atoms with Gasteiger partial charge < -0.3 is 10.8 Å². The number of phenols is 1. The first-order valence-corrected chi connectivity index (χ1v) is 4.87. The van der Waals surface area contributed by atoms with Crippen molar-refractivity contribution in [3.05, 3.63) is 52.4 Å². The Labute approximate surface area is 92.6 Å². The van der Waals surface area contributed by atoms with Crippen LogP contribution in [0.1, 0.15) is 5.69 Å². The van der Waals surface area contributed by atoms with Crippen molar-refractivity contribution in [2.45, 2.75) is 6.92 Å². The number of aromatic nitrogens is 1. The van der Waals surface area contributed by atoms with E-state index >= 15 is 0 Å². The van der Waals surface area contributed by atoms with Gasteiger partial charge in [-0.3, -0.25) is 9.36 Å². The van der Waals surface area contributed by atoms with E-state index in [0.29, 0.717) is 5.69 Å². The van der Waals surface area contributed by atoms with E-state index in [0.717, 1.165) is 5.69 Å². The number of hydrogen-bond acceptors (Lipinski definition) is 3. The van der Waals surface area contributed by atoms with Gasteiger partial charge in [0.2, 0.25) is 0 Å². The summed E-state index contributed by atoms with van der Waals surface area (Å²) in [6, 6.07) is 9.78. The maximum absolute atomic E-state index is 11.9. The fourth-order valence-corrected chi connectivity index (χ4v) is 1.57. The number of nitrogens with two attached hydrogens (primary N) is 1. The van der Waals surface area contributed by atoms with E-state index in [-0.39, 0.29) is 17.0 Å². The van der Waals surface area contributed by atoms with Gasteiger partial charge in [0.05, 0.1) is 5.69 Å². The molecule has 0 amide bonds. The van der Waals surface area contributed by atoms with Crippen LogP contribution in [0.2, 0.25) is 0 Å². The molecule has 16 heavy (non-hydrogen) atoms. The molecule has 0 aliphatic heterocycles. The first-order valence-electron chi connectivity index (χ1n) is 4.87. The molecule has 0 spiro atoms. The molecule has 2 rings (SSSR count). The van der Waals surface area contributed by atoms with Crippen LogP contribution in [0.5, 0.6) is 5.75 Å². The number of nitrogen functional groups attached to an aromatic ring is 1. The summed E-state index contributed by atoms with van der Waals surface area (Å²) in [6.45, 7) is 1.83. The first kappa shape index (κ1) is 10.3. The SMILES string of the molecule is Cc1ccc(N)c(=O)n1-c1ccc(O)cc1. The highest BCUT2D eigenvalue weighted by molar-refractivity contribution is 5.44. The maximum atomic E-state index is 11.9. The molecule has 0 unspecified atom stereocenters. The van der Waals surface area contributed by atoms with E-state index in [1.54, 1.807) is 24.3 Å². The molecule has 0 atom stereocenters. The Hall–Kier alpha value is -2.23. The standard InChI is InChI=1S/C12H12N2O2/c1-8-2-7-11(13)12(16)14(8)9-3-5-10(15)6-4-9/h2-7,15H,13H2,1H3. The van der Waals surface area contributed by atoms with Gasteiger partial charge in [0, 0.05) is 11.4 Å². The number of nitrogens with zero attached hydrogens (tertiary/aromatic N) is 1. The van der Waals surface area contributed by atoms with Crippen molar-refractivity contribution in [1.82, 2.24) is 4.57 Å². The molecule has 3 N–H and O–H groups in total. The molecule has 82 valence electrons. The normalized spacial score (nSPS) is 10.3. The number of benzene rings is 1. The Kier molecular flexibility index (Phi) is 2.40. The van der Waals surface area contributed by atoms with Crippen LogP contribution in [-0.2, 0) is 0 Å². The van der Waals surface area contributed by atoms with Crippen molar-refractivity contribution in [2.75, 3.05) is 5.73 Å². The molecular formula is C12H12N2O2. The Balaban J connectivity index is 2.69. The van der Waals surface area contributed by atoms with Gasteiger partial charge in [0.15, 0.2) is 0 Å². The fourth-order valence-electron chi connectivity index (χ4n) is 1.57. The van der Waals surface area contributed by atoms with Gasteiger partial charge in [-0.15, -0.1) is 0 Å².